The third-order valence-corrected chi connectivity index (χ3v) is 4.32. The lowest BCUT2D eigenvalue weighted by atomic mass is 10.0. The minimum atomic E-state index is -0.466. The van der Waals surface area contributed by atoms with Gasteiger partial charge in [-0.2, -0.15) is 0 Å². The molecule has 1 aromatic carbocycles. The highest BCUT2D eigenvalue weighted by atomic mass is 35.5. The van der Waals surface area contributed by atoms with Crippen molar-refractivity contribution in [2.75, 3.05) is 32.9 Å². The van der Waals surface area contributed by atoms with Crippen LogP contribution in [-0.2, 0) is 14.3 Å². The molecule has 0 unspecified atom stereocenters. The molecule has 0 bridgehead atoms. The number of carbonyl (C=O) groups is 1. The Hall–Kier alpha value is -1.30. The Morgan fingerprint density at radius 2 is 1.82 bits per heavy atom. The smallest absolute Gasteiger partial charge is 0.260 e. The molecular formula is C16H20ClNO4. The summed E-state index contributed by atoms with van der Waals surface area (Å²) in [7, 11) is 0. The molecule has 0 aromatic heterocycles. The van der Waals surface area contributed by atoms with Gasteiger partial charge in [0, 0.05) is 31.0 Å². The van der Waals surface area contributed by atoms with E-state index in [0.717, 1.165) is 32.5 Å². The lowest BCUT2D eigenvalue weighted by Crippen LogP contribution is -2.52. The number of halogens is 1. The normalized spacial score (nSPS) is 20.9. The first-order chi connectivity index (χ1) is 10.7. The molecule has 0 aliphatic carbocycles. The van der Waals surface area contributed by atoms with Crippen LogP contribution in [0.5, 0.6) is 5.75 Å². The summed E-state index contributed by atoms with van der Waals surface area (Å²) < 4.78 is 17.0. The zero-order valence-electron chi connectivity index (χ0n) is 12.4. The Morgan fingerprint density at radius 3 is 2.45 bits per heavy atom. The summed E-state index contributed by atoms with van der Waals surface area (Å²) in [5.74, 6) is 0.164. The van der Waals surface area contributed by atoms with Gasteiger partial charge < -0.3 is 19.1 Å². The van der Waals surface area contributed by atoms with Gasteiger partial charge in [0.05, 0.1) is 13.2 Å². The van der Waals surface area contributed by atoms with Crippen molar-refractivity contribution in [3.05, 3.63) is 29.3 Å². The molecule has 0 N–H and O–H groups in total. The van der Waals surface area contributed by atoms with Crippen LogP contribution < -0.4 is 4.74 Å². The molecule has 6 heteroatoms. The second kappa shape index (κ2) is 6.86. The van der Waals surface area contributed by atoms with E-state index in [1.54, 1.807) is 24.3 Å². The second-order valence-electron chi connectivity index (χ2n) is 5.58. The van der Waals surface area contributed by atoms with Gasteiger partial charge >= 0.3 is 0 Å². The van der Waals surface area contributed by atoms with Gasteiger partial charge in [-0.1, -0.05) is 11.6 Å². The molecule has 120 valence electrons. The summed E-state index contributed by atoms with van der Waals surface area (Å²) >= 11 is 5.81. The maximum absolute atomic E-state index is 12.2. The molecule has 1 spiro atoms. The molecule has 2 heterocycles. The fourth-order valence-corrected chi connectivity index (χ4v) is 2.90. The van der Waals surface area contributed by atoms with Gasteiger partial charge in [-0.25, -0.2) is 0 Å². The molecule has 22 heavy (non-hydrogen) atoms. The number of hydrogen-bond acceptors (Lipinski definition) is 4. The van der Waals surface area contributed by atoms with Crippen molar-refractivity contribution < 1.29 is 19.0 Å². The lowest BCUT2D eigenvalue weighted by Gasteiger charge is -2.43. The summed E-state index contributed by atoms with van der Waals surface area (Å²) in [4.78, 5) is 14.0. The van der Waals surface area contributed by atoms with Gasteiger partial charge in [-0.15, -0.1) is 0 Å². The molecule has 2 aliphatic heterocycles. The van der Waals surface area contributed by atoms with Crippen molar-refractivity contribution in [3.63, 3.8) is 0 Å². The van der Waals surface area contributed by atoms with E-state index in [9.17, 15) is 4.79 Å². The standard InChI is InChI=1S/C16H20ClNO4/c17-13-2-4-14(5-3-13)20-12-15(19)18-8-6-16(7-9-18)21-10-1-11-22-16/h2-5H,1,6-12H2. The Morgan fingerprint density at radius 1 is 1.18 bits per heavy atom. The highest BCUT2D eigenvalue weighted by molar-refractivity contribution is 6.30. The summed E-state index contributed by atoms with van der Waals surface area (Å²) in [6.07, 6.45) is 2.39. The summed E-state index contributed by atoms with van der Waals surface area (Å²) in [5, 5.41) is 0.646. The summed E-state index contributed by atoms with van der Waals surface area (Å²) in [6.45, 7) is 2.81. The predicted molar refractivity (Wildman–Crippen MR) is 82.0 cm³/mol. The molecule has 0 atom stereocenters. The van der Waals surface area contributed by atoms with Crippen LogP contribution in [0.4, 0.5) is 0 Å². The molecule has 1 aromatic rings. The number of hydrogen-bond donors (Lipinski definition) is 0. The van der Waals surface area contributed by atoms with E-state index in [1.165, 1.54) is 0 Å². The average molecular weight is 326 g/mol. The largest absolute Gasteiger partial charge is 0.484 e. The number of carbonyl (C=O) groups excluding carboxylic acids is 1. The second-order valence-corrected chi connectivity index (χ2v) is 6.02. The van der Waals surface area contributed by atoms with E-state index in [2.05, 4.69) is 0 Å². The topological polar surface area (TPSA) is 48.0 Å². The quantitative estimate of drug-likeness (QED) is 0.856. The van der Waals surface area contributed by atoms with Gasteiger partial charge in [-0.05, 0) is 30.7 Å². The molecule has 3 rings (SSSR count). The van der Waals surface area contributed by atoms with Crippen molar-refractivity contribution in [3.8, 4) is 5.75 Å². The van der Waals surface area contributed by atoms with Crippen LogP contribution in [0, 0.1) is 0 Å². The Balaban J connectivity index is 1.46. The van der Waals surface area contributed by atoms with Crippen LogP contribution >= 0.6 is 11.6 Å². The third kappa shape index (κ3) is 3.72. The number of rotatable bonds is 3. The van der Waals surface area contributed by atoms with E-state index in [1.807, 2.05) is 4.90 Å². The van der Waals surface area contributed by atoms with Crippen LogP contribution in [0.25, 0.3) is 0 Å². The maximum atomic E-state index is 12.2. The number of piperidine rings is 1. The van der Waals surface area contributed by atoms with E-state index in [0.29, 0.717) is 23.9 Å². The Labute approximate surface area is 135 Å². The highest BCUT2D eigenvalue weighted by Crippen LogP contribution is 2.30. The van der Waals surface area contributed by atoms with Gasteiger partial charge in [-0.3, -0.25) is 4.79 Å². The van der Waals surface area contributed by atoms with Gasteiger partial charge in [0.15, 0.2) is 12.4 Å². The van der Waals surface area contributed by atoms with E-state index >= 15 is 0 Å². The SMILES string of the molecule is O=C(COc1ccc(Cl)cc1)N1CCC2(CC1)OCCCO2. The van der Waals surface area contributed by atoms with Crippen molar-refractivity contribution >= 4 is 17.5 Å². The minimum absolute atomic E-state index is 0.0133. The van der Waals surface area contributed by atoms with Gasteiger partial charge in [0.25, 0.3) is 5.91 Å². The van der Waals surface area contributed by atoms with Crippen molar-refractivity contribution in [2.45, 2.75) is 25.0 Å². The first-order valence-corrected chi connectivity index (χ1v) is 7.99. The maximum Gasteiger partial charge on any atom is 0.260 e. The van der Waals surface area contributed by atoms with E-state index in [-0.39, 0.29) is 12.5 Å². The van der Waals surface area contributed by atoms with Crippen LogP contribution in [-0.4, -0.2) is 49.5 Å². The van der Waals surface area contributed by atoms with Gasteiger partial charge in [0.1, 0.15) is 5.75 Å². The molecule has 2 fully saturated rings. The van der Waals surface area contributed by atoms with Crippen molar-refractivity contribution in [2.24, 2.45) is 0 Å². The molecule has 0 saturated carbocycles. The number of ether oxygens (including phenoxy) is 3. The molecule has 2 saturated heterocycles. The lowest BCUT2D eigenvalue weighted by molar-refractivity contribution is -0.282. The van der Waals surface area contributed by atoms with E-state index < -0.39 is 5.79 Å². The molecule has 5 nitrogen and oxygen atoms in total. The zero-order chi connectivity index (χ0) is 15.4. The van der Waals surface area contributed by atoms with Crippen LogP contribution in [0.1, 0.15) is 19.3 Å². The molecular weight excluding hydrogens is 306 g/mol. The number of likely N-dealkylation sites (tertiary alicyclic amines) is 1. The number of amides is 1. The van der Waals surface area contributed by atoms with Crippen molar-refractivity contribution in [1.29, 1.82) is 0 Å². The highest BCUT2D eigenvalue weighted by Gasteiger charge is 2.39. The molecule has 0 radical (unpaired) electrons. The van der Waals surface area contributed by atoms with Gasteiger partial charge in [0.2, 0.25) is 0 Å². The molecule has 2 aliphatic rings. The monoisotopic (exact) mass is 325 g/mol. The fraction of sp³-hybridized carbons (Fsp3) is 0.562. The first kappa shape index (κ1) is 15.6. The van der Waals surface area contributed by atoms with Crippen molar-refractivity contribution in [1.82, 2.24) is 4.90 Å². The molecule has 1 amide bonds. The predicted octanol–water partition coefficient (Wildman–Crippen LogP) is 2.47. The Kier molecular flexibility index (Phi) is 4.86. The average Bonchev–Trinajstić information content (AvgIpc) is 2.55. The van der Waals surface area contributed by atoms with E-state index in [4.69, 9.17) is 25.8 Å². The number of benzene rings is 1. The minimum Gasteiger partial charge on any atom is -0.484 e. The summed E-state index contributed by atoms with van der Waals surface area (Å²) in [5.41, 5.74) is 0. The van der Waals surface area contributed by atoms with Crippen LogP contribution in [0.2, 0.25) is 5.02 Å². The Bertz CT molecular complexity index is 503. The zero-order valence-corrected chi connectivity index (χ0v) is 13.2. The number of nitrogens with zero attached hydrogens (tertiary/aromatic N) is 1. The van der Waals surface area contributed by atoms with Crippen LogP contribution in [0.3, 0.4) is 0 Å². The first-order valence-electron chi connectivity index (χ1n) is 7.61. The van der Waals surface area contributed by atoms with Crippen LogP contribution in [0.15, 0.2) is 24.3 Å². The third-order valence-electron chi connectivity index (χ3n) is 4.07. The summed E-state index contributed by atoms with van der Waals surface area (Å²) in [6, 6.07) is 6.99. The fourth-order valence-electron chi connectivity index (χ4n) is 2.77.